The van der Waals surface area contributed by atoms with Crippen LogP contribution < -0.4 is 10.2 Å². The monoisotopic (exact) mass is 392 g/mol. The molecule has 1 N–H and O–H groups in total. The minimum atomic E-state index is -0.684. The van der Waals surface area contributed by atoms with Crippen molar-refractivity contribution in [2.24, 2.45) is 0 Å². The number of carbonyl (C=O) groups excluding carboxylic acids is 3. The van der Waals surface area contributed by atoms with E-state index in [-0.39, 0.29) is 42.6 Å². The van der Waals surface area contributed by atoms with Crippen molar-refractivity contribution < 1.29 is 28.2 Å². The first-order valence-corrected chi connectivity index (χ1v) is 8.24. The second kappa shape index (κ2) is 7.98. The Kier molecular flexibility index (Phi) is 5.47. The molecular weight excluding hydrogens is 375 g/mol. The fourth-order valence-corrected chi connectivity index (χ4v) is 2.64. The van der Waals surface area contributed by atoms with Crippen molar-refractivity contribution in [2.45, 2.75) is 19.6 Å². The summed E-state index contributed by atoms with van der Waals surface area (Å²) in [5.41, 5.74) is 0.337. The lowest BCUT2D eigenvalue weighted by atomic mass is 10.1. The van der Waals surface area contributed by atoms with Gasteiger partial charge in [0.2, 0.25) is 5.91 Å². The van der Waals surface area contributed by atoms with E-state index >= 15 is 0 Å². The van der Waals surface area contributed by atoms with Crippen LogP contribution in [0.3, 0.4) is 0 Å². The highest BCUT2D eigenvalue weighted by Crippen LogP contribution is 2.27. The summed E-state index contributed by atoms with van der Waals surface area (Å²) in [6, 6.07) is 4.06. The number of rotatable bonds is 6. The minimum Gasteiger partial charge on any atom is -0.468 e. The van der Waals surface area contributed by atoms with Gasteiger partial charge in [0.05, 0.1) is 31.5 Å². The molecule has 0 bridgehead atoms. The largest absolute Gasteiger partial charge is 0.468 e. The topological polar surface area (TPSA) is 129 Å². The van der Waals surface area contributed by atoms with Crippen LogP contribution in [-0.2, 0) is 25.6 Å². The Balaban J connectivity index is 1.78. The molecule has 0 unspecified atom stereocenters. The number of hydrogen-bond donors (Lipinski definition) is 1. The summed E-state index contributed by atoms with van der Waals surface area (Å²) in [5.74, 6) is -1.47. The predicted molar refractivity (Wildman–Crippen MR) is 91.5 cm³/mol. The summed E-state index contributed by atoms with van der Waals surface area (Å²) in [7, 11) is 1.22. The van der Waals surface area contributed by atoms with Gasteiger partial charge in [0.25, 0.3) is 0 Å². The third-order valence-corrected chi connectivity index (χ3v) is 4.00. The number of esters is 1. The number of amides is 2. The normalized spacial score (nSPS) is 16.0. The standard InChI is InChI=1S/C16H17FN6O5/c1-9(24)18-6-11-7-22(16(26)28-11)10-3-4-12(13(17)5-10)15-19-20-21-23(15)8-14(25)27-2/h3-5,11H,6-8H2,1-2H3,(H,18,24)/t11-/m0/s1. The maximum atomic E-state index is 14.7. The molecule has 1 aliphatic heterocycles. The van der Waals surface area contributed by atoms with Gasteiger partial charge >= 0.3 is 12.1 Å². The average molecular weight is 392 g/mol. The fourth-order valence-electron chi connectivity index (χ4n) is 2.64. The molecule has 12 heteroatoms. The molecule has 1 saturated heterocycles. The van der Waals surface area contributed by atoms with Crippen LogP contribution in [0.1, 0.15) is 6.92 Å². The highest BCUT2D eigenvalue weighted by atomic mass is 19.1. The molecule has 1 atom stereocenters. The lowest BCUT2D eigenvalue weighted by Gasteiger charge is -2.14. The maximum Gasteiger partial charge on any atom is 0.414 e. The number of nitrogens with zero attached hydrogens (tertiary/aromatic N) is 5. The van der Waals surface area contributed by atoms with Crippen molar-refractivity contribution in [2.75, 3.05) is 25.1 Å². The highest BCUT2D eigenvalue weighted by molar-refractivity contribution is 5.90. The van der Waals surface area contributed by atoms with Gasteiger partial charge in [-0.25, -0.2) is 13.9 Å². The van der Waals surface area contributed by atoms with Crippen molar-refractivity contribution in [3.63, 3.8) is 0 Å². The highest BCUT2D eigenvalue weighted by Gasteiger charge is 2.33. The van der Waals surface area contributed by atoms with E-state index in [1.807, 2.05) is 0 Å². The summed E-state index contributed by atoms with van der Waals surface area (Å²) in [5, 5.41) is 13.4. The molecule has 0 saturated carbocycles. The van der Waals surface area contributed by atoms with Gasteiger partial charge in [0.1, 0.15) is 18.5 Å². The van der Waals surface area contributed by atoms with E-state index in [9.17, 15) is 18.8 Å². The number of methoxy groups -OCH3 is 1. The summed E-state index contributed by atoms with van der Waals surface area (Å²) < 4.78 is 25.5. The third kappa shape index (κ3) is 4.05. The molecule has 1 aromatic heterocycles. The maximum absolute atomic E-state index is 14.7. The van der Waals surface area contributed by atoms with Crippen molar-refractivity contribution >= 4 is 23.7 Å². The number of hydrogen-bond acceptors (Lipinski definition) is 8. The second-order valence-electron chi connectivity index (χ2n) is 5.95. The first-order valence-electron chi connectivity index (χ1n) is 8.24. The molecule has 2 heterocycles. The fraction of sp³-hybridized carbons (Fsp3) is 0.375. The van der Waals surface area contributed by atoms with Gasteiger partial charge in [0.15, 0.2) is 5.82 Å². The zero-order chi connectivity index (χ0) is 20.3. The van der Waals surface area contributed by atoms with Gasteiger partial charge in [-0.1, -0.05) is 0 Å². The first kappa shape index (κ1) is 19.2. The van der Waals surface area contributed by atoms with E-state index in [1.165, 1.54) is 31.1 Å². The molecule has 1 aliphatic rings. The quantitative estimate of drug-likeness (QED) is 0.686. The van der Waals surface area contributed by atoms with E-state index in [1.54, 1.807) is 0 Å². The van der Waals surface area contributed by atoms with E-state index < -0.39 is 24.0 Å². The lowest BCUT2D eigenvalue weighted by Crippen LogP contribution is -2.33. The SMILES string of the molecule is COC(=O)Cn1nnnc1-c1ccc(N2C[C@H](CNC(C)=O)OC2=O)cc1F. The Morgan fingerprint density at radius 2 is 2.21 bits per heavy atom. The van der Waals surface area contributed by atoms with Gasteiger partial charge in [-0.2, -0.15) is 0 Å². The molecule has 11 nitrogen and oxygen atoms in total. The summed E-state index contributed by atoms with van der Waals surface area (Å²) in [6.07, 6.45) is -1.18. The number of anilines is 1. The first-order chi connectivity index (χ1) is 13.4. The number of halogens is 1. The van der Waals surface area contributed by atoms with Crippen LogP contribution >= 0.6 is 0 Å². The van der Waals surface area contributed by atoms with Crippen LogP contribution in [0.15, 0.2) is 18.2 Å². The number of carbonyl (C=O) groups is 3. The number of nitrogens with one attached hydrogen (secondary N) is 1. The Morgan fingerprint density at radius 1 is 1.43 bits per heavy atom. The Hall–Kier alpha value is -3.57. The van der Waals surface area contributed by atoms with Gasteiger partial charge in [-0.05, 0) is 28.6 Å². The van der Waals surface area contributed by atoms with Gasteiger partial charge in [0, 0.05) is 6.92 Å². The average Bonchev–Trinajstić information content (AvgIpc) is 3.26. The van der Waals surface area contributed by atoms with E-state index in [0.29, 0.717) is 0 Å². The molecular formula is C16H17FN6O5. The lowest BCUT2D eigenvalue weighted by molar-refractivity contribution is -0.141. The van der Waals surface area contributed by atoms with Crippen molar-refractivity contribution in [1.82, 2.24) is 25.5 Å². The molecule has 1 aromatic carbocycles. The summed E-state index contributed by atoms with van der Waals surface area (Å²) in [6.45, 7) is 1.41. The molecule has 1 fully saturated rings. The van der Waals surface area contributed by atoms with Gasteiger partial charge < -0.3 is 14.8 Å². The van der Waals surface area contributed by atoms with Crippen LogP contribution in [0.5, 0.6) is 0 Å². The summed E-state index contributed by atoms with van der Waals surface area (Å²) in [4.78, 5) is 35.7. The third-order valence-electron chi connectivity index (χ3n) is 4.00. The van der Waals surface area contributed by atoms with E-state index in [0.717, 1.165) is 10.7 Å². The molecule has 28 heavy (non-hydrogen) atoms. The number of cyclic esters (lactones) is 1. The smallest absolute Gasteiger partial charge is 0.414 e. The van der Waals surface area contributed by atoms with Crippen molar-refractivity contribution in [3.05, 3.63) is 24.0 Å². The second-order valence-corrected chi connectivity index (χ2v) is 5.95. The summed E-state index contributed by atoms with van der Waals surface area (Å²) >= 11 is 0. The van der Waals surface area contributed by atoms with Crippen LogP contribution in [0.4, 0.5) is 14.9 Å². The minimum absolute atomic E-state index is 0.0435. The number of benzene rings is 1. The van der Waals surface area contributed by atoms with Crippen molar-refractivity contribution in [1.29, 1.82) is 0 Å². The molecule has 2 aromatic rings. The van der Waals surface area contributed by atoms with E-state index in [2.05, 4.69) is 25.6 Å². The zero-order valence-corrected chi connectivity index (χ0v) is 15.1. The Bertz CT molecular complexity index is 917. The number of tetrazole rings is 1. The molecule has 0 spiro atoms. The van der Waals surface area contributed by atoms with Crippen molar-refractivity contribution in [3.8, 4) is 11.4 Å². The molecule has 3 rings (SSSR count). The molecule has 0 aliphatic carbocycles. The van der Waals surface area contributed by atoms with Gasteiger partial charge in [-0.15, -0.1) is 5.10 Å². The van der Waals surface area contributed by atoms with Crippen LogP contribution in [0.25, 0.3) is 11.4 Å². The Labute approximate surface area is 158 Å². The van der Waals surface area contributed by atoms with Crippen LogP contribution in [0, 0.1) is 5.82 Å². The molecule has 2 amide bonds. The van der Waals surface area contributed by atoms with E-state index in [4.69, 9.17) is 4.74 Å². The molecule has 0 radical (unpaired) electrons. The number of ether oxygens (including phenoxy) is 2. The molecule has 148 valence electrons. The zero-order valence-electron chi connectivity index (χ0n) is 15.1. The Morgan fingerprint density at radius 3 is 2.89 bits per heavy atom. The van der Waals surface area contributed by atoms with Crippen LogP contribution in [0.2, 0.25) is 0 Å². The van der Waals surface area contributed by atoms with Crippen LogP contribution in [-0.4, -0.2) is 64.5 Å². The predicted octanol–water partition coefficient (Wildman–Crippen LogP) is 0.113. The van der Waals surface area contributed by atoms with Gasteiger partial charge in [-0.3, -0.25) is 14.5 Å². The number of aromatic nitrogens is 4.